The summed E-state index contributed by atoms with van der Waals surface area (Å²) < 4.78 is 41.1. The van der Waals surface area contributed by atoms with E-state index >= 15 is 0 Å². The Labute approximate surface area is 193 Å². The quantitative estimate of drug-likeness (QED) is 0.622. The Hall–Kier alpha value is -2.71. The van der Waals surface area contributed by atoms with Gasteiger partial charge in [-0.05, 0) is 60.6 Å². The molecule has 0 heterocycles. The Bertz CT molecular complexity index is 1140. The van der Waals surface area contributed by atoms with Gasteiger partial charge in [-0.2, -0.15) is 0 Å². The molecule has 1 aliphatic rings. The smallest absolute Gasteiger partial charge is 0.241 e. The molecule has 8 heteroatoms. The summed E-state index contributed by atoms with van der Waals surface area (Å²) >= 11 is 0. The summed E-state index contributed by atoms with van der Waals surface area (Å²) in [5.41, 5.74) is 1.94. The summed E-state index contributed by atoms with van der Waals surface area (Å²) in [5.74, 6) is -3.37. The Morgan fingerprint density at radius 3 is 2.39 bits per heavy atom. The second-order valence-electron chi connectivity index (χ2n) is 8.83. The molecule has 2 atom stereocenters. The number of Topliss-reactive ketones (excluding diaryl/α,β-unsaturated/α-hetero) is 3. The first-order chi connectivity index (χ1) is 15.6. The van der Waals surface area contributed by atoms with Gasteiger partial charge in [-0.1, -0.05) is 38.1 Å². The van der Waals surface area contributed by atoms with Crippen molar-refractivity contribution >= 4 is 27.4 Å². The van der Waals surface area contributed by atoms with Gasteiger partial charge in [0, 0.05) is 18.8 Å². The molecule has 0 aliphatic heterocycles. The molecule has 2 bridgehead atoms. The van der Waals surface area contributed by atoms with Crippen molar-refractivity contribution in [3.63, 3.8) is 0 Å². The van der Waals surface area contributed by atoms with Gasteiger partial charge < -0.3 is 0 Å². The molecule has 0 radical (unpaired) electrons. The van der Waals surface area contributed by atoms with Gasteiger partial charge >= 0.3 is 0 Å². The van der Waals surface area contributed by atoms with E-state index < -0.39 is 51.1 Å². The van der Waals surface area contributed by atoms with Crippen LogP contribution in [0.4, 0.5) is 4.39 Å². The highest BCUT2D eigenvalue weighted by Gasteiger charge is 2.33. The van der Waals surface area contributed by atoms with E-state index in [-0.39, 0.29) is 24.2 Å². The molecule has 6 nitrogen and oxygen atoms in total. The lowest BCUT2D eigenvalue weighted by Crippen LogP contribution is -2.45. The van der Waals surface area contributed by atoms with E-state index in [0.29, 0.717) is 12.8 Å². The van der Waals surface area contributed by atoms with E-state index in [4.69, 9.17) is 0 Å². The van der Waals surface area contributed by atoms with Crippen LogP contribution in [0, 0.1) is 17.7 Å². The molecule has 0 saturated carbocycles. The molecule has 0 fully saturated rings. The van der Waals surface area contributed by atoms with Gasteiger partial charge in [0.15, 0.2) is 11.6 Å². The van der Waals surface area contributed by atoms with E-state index in [2.05, 4.69) is 4.72 Å². The Morgan fingerprint density at radius 2 is 1.73 bits per heavy atom. The normalized spacial score (nSPS) is 18.2. The SMILES string of the molecule is CC(C)C(NS(=O)(=O)c1ccc(F)cc1)C(=O)CC1Cc2cccc(c2)CCCC(=O)C1=O. The van der Waals surface area contributed by atoms with Crippen LogP contribution in [-0.2, 0) is 37.2 Å². The monoisotopic (exact) mass is 473 g/mol. The van der Waals surface area contributed by atoms with Crippen molar-refractivity contribution in [1.82, 2.24) is 4.72 Å². The van der Waals surface area contributed by atoms with E-state index in [9.17, 15) is 27.2 Å². The van der Waals surface area contributed by atoms with Crippen LogP contribution in [0.25, 0.3) is 0 Å². The second kappa shape index (κ2) is 10.5. The Morgan fingerprint density at radius 1 is 1.06 bits per heavy atom. The predicted molar refractivity (Wildman–Crippen MR) is 122 cm³/mol. The first kappa shape index (κ1) is 24.9. The number of benzene rings is 2. The minimum atomic E-state index is -4.09. The molecule has 0 saturated heterocycles. The van der Waals surface area contributed by atoms with Crippen LogP contribution < -0.4 is 4.72 Å². The average Bonchev–Trinajstić information content (AvgIpc) is 2.76. The molecule has 0 spiro atoms. The third-order valence-electron chi connectivity index (χ3n) is 5.86. The van der Waals surface area contributed by atoms with Gasteiger partial charge in [0.1, 0.15) is 5.82 Å². The maximum absolute atomic E-state index is 13.2. The molecule has 0 amide bonds. The molecule has 2 aromatic rings. The van der Waals surface area contributed by atoms with Gasteiger partial charge in [0.05, 0.1) is 10.9 Å². The van der Waals surface area contributed by atoms with Gasteiger partial charge in [-0.3, -0.25) is 14.4 Å². The number of fused-ring (bicyclic) bond motifs is 2. The molecular formula is C25H28FNO5S. The summed E-state index contributed by atoms with van der Waals surface area (Å²) in [6.45, 7) is 3.39. The molecule has 0 aromatic heterocycles. The maximum Gasteiger partial charge on any atom is 0.241 e. The van der Waals surface area contributed by atoms with Gasteiger partial charge in [0.25, 0.3) is 0 Å². The van der Waals surface area contributed by atoms with Crippen LogP contribution in [0.15, 0.2) is 53.4 Å². The second-order valence-corrected chi connectivity index (χ2v) is 10.5. The average molecular weight is 474 g/mol. The third kappa shape index (κ3) is 6.42. The Balaban J connectivity index is 1.83. The number of halogens is 1. The van der Waals surface area contributed by atoms with Crippen LogP contribution in [0.2, 0.25) is 0 Å². The van der Waals surface area contributed by atoms with Crippen molar-refractivity contribution in [2.75, 3.05) is 0 Å². The zero-order chi connectivity index (χ0) is 24.2. The van der Waals surface area contributed by atoms with Crippen molar-refractivity contribution in [1.29, 1.82) is 0 Å². The molecule has 1 N–H and O–H groups in total. The van der Waals surface area contributed by atoms with Crippen LogP contribution in [0.5, 0.6) is 0 Å². The largest absolute Gasteiger partial charge is 0.298 e. The van der Waals surface area contributed by atoms with Crippen molar-refractivity contribution in [3.8, 4) is 0 Å². The summed E-state index contributed by atoms with van der Waals surface area (Å²) in [6, 6.07) is 10.9. The van der Waals surface area contributed by atoms with Crippen molar-refractivity contribution in [2.45, 2.75) is 56.9 Å². The van der Waals surface area contributed by atoms with Crippen molar-refractivity contribution in [2.24, 2.45) is 11.8 Å². The van der Waals surface area contributed by atoms with Crippen LogP contribution in [0.1, 0.15) is 44.2 Å². The van der Waals surface area contributed by atoms with Crippen molar-refractivity contribution < 1.29 is 27.2 Å². The number of nitrogens with one attached hydrogen (secondary N) is 1. The highest BCUT2D eigenvalue weighted by Crippen LogP contribution is 2.22. The molecule has 1 aliphatic carbocycles. The summed E-state index contributed by atoms with van der Waals surface area (Å²) in [7, 11) is -4.09. The Kier molecular flexibility index (Phi) is 7.92. The zero-order valence-electron chi connectivity index (χ0n) is 18.7. The number of aryl methyl sites for hydroxylation is 1. The number of rotatable bonds is 7. The fraction of sp³-hybridized carbons (Fsp3) is 0.400. The van der Waals surface area contributed by atoms with E-state index in [1.807, 2.05) is 24.3 Å². The summed E-state index contributed by atoms with van der Waals surface area (Å²) in [5, 5.41) is 0. The first-order valence-electron chi connectivity index (χ1n) is 11.0. The number of hydrogen-bond donors (Lipinski definition) is 1. The van der Waals surface area contributed by atoms with Crippen LogP contribution >= 0.6 is 0 Å². The maximum atomic E-state index is 13.2. The van der Waals surface area contributed by atoms with Gasteiger partial charge in [-0.25, -0.2) is 17.5 Å². The number of ketones is 3. The molecule has 33 heavy (non-hydrogen) atoms. The summed E-state index contributed by atoms with van der Waals surface area (Å²) in [4.78, 5) is 38.3. The lowest BCUT2D eigenvalue weighted by Gasteiger charge is -2.24. The van der Waals surface area contributed by atoms with E-state index in [0.717, 1.165) is 35.4 Å². The standard InChI is InChI=1S/C25H28FNO5S/c1-16(2)24(27-33(31,32)21-11-9-20(26)10-12-21)23(29)15-19-14-18-7-3-5-17(13-18)6-4-8-22(28)25(19)30/h3,5,7,9-13,16,19,24,27H,4,6,8,14-15H2,1-2H3. The number of sulfonamides is 1. The van der Waals surface area contributed by atoms with E-state index in [1.54, 1.807) is 13.8 Å². The number of carbonyl (C=O) groups is 3. The van der Waals surface area contributed by atoms with E-state index in [1.165, 1.54) is 0 Å². The van der Waals surface area contributed by atoms with Gasteiger partial charge in [-0.15, -0.1) is 0 Å². The van der Waals surface area contributed by atoms with Crippen LogP contribution in [-0.4, -0.2) is 31.8 Å². The molecular weight excluding hydrogens is 445 g/mol. The van der Waals surface area contributed by atoms with Crippen molar-refractivity contribution in [3.05, 3.63) is 65.5 Å². The molecule has 2 aromatic carbocycles. The highest BCUT2D eigenvalue weighted by molar-refractivity contribution is 7.89. The minimum Gasteiger partial charge on any atom is -0.298 e. The topological polar surface area (TPSA) is 97.4 Å². The lowest BCUT2D eigenvalue weighted by atomic mass is 9.83. The van der Waals surface area contributed by atoms with Crippen LogP contribution in [0.3, 0.4) is 0 Å². The predicted octanol–water partition coefficient (Wildman–Crippen LogP) is 3.42. The summed E-state index contributed by atoms with van der Waals surface area (Å²) in [6.07, 6.45) is 1.37. The number of carbonyl (C=O) groups excluding carboxylic acids is 3. The zero-order valence-corrected chi connectivity index (χ0v) is 19.5. The fourth-order valence-electron chi connectivity index (χ4n) is 4.05. The lowest BCUT2D eigenvalue weighted by molar-refractivity contribution is -0.140. The first-order valence-corrected chi connectivity index (χ1v) is 12.5. The highest BCUT2D eigenvalue weighted by atomic mass is 32.2. The minimum absolute atomic E-state index is 0.124. The van der Waals surface area contributed by atoms with Gasteiger partial charge in [0.2, 0.25) is 15.8 Å². The molecule has 3 rings (SSSR count). The molecule has 176 valence electrons. The third-order valence-corrected chi connectivity index (χ3v) is 7.31. The fourth-order valence-corrected chi connectivity index (χ4v) is 5.42. The molecule has 2 unspecified atom stereocenters. The number of hydrogen-bond acceptors (Lipinski definition) is 5.